The number of nitrogens with zero attached hydrogens (tertiary/aromatic N) is 2. The Labute approximate surface area is 177 Å². The Balaban J connectivity index is 0.00000231. The first-order chi connectivity index (χ1) is 14.3. The minimum Gasteiger partial charge on any atom is -0.454 e. The van der Waals surface area contributed by atoms with Crippen molar-refractivity contribution in [1.82, 2.24) is 10.3 Å². The van der Waals surface area contributed by atoms with Crippen molar-refractivity contribution in [3.63, 3.8) is 0 Å². The molecule has 2 aliphatic carbocycles. The third-order valence-electron chi connectivity index (χ3n) is 5.39. The Hall–Kier alpha value is -3.18. The quantitative estimate of drug-likeness (QED) is 0.606. The lowest BCUT2D eigenvalue weighted by Gasteiger charge is -2.14. The molecule has 9 heteroatoms. The molecule has 1 amide bonds. The molecule has 0 unspecified atom stereocenters. The molecule has 2 aliphatic rings. The number of carbonyl (C=O) groups excluding carboxylic acids is 1. The number of rotatable bonds is 5. The van der Waals surface area contributed by atoms with E-state index < -0.39 is 20.5 Å². The number of nitrogens with one attached hydrogen (secondary N) is 1. The van der Waals surface area contributed by atoms with Gasteiger partial charge in [-0.05, 0) is 43.2 Å². The van der Waals surface area contributed by atoms with Gasteiger partial charge in [0.15, 0.2) is 15.6 Å². The van der Waals surface area contributed by atoms with E-state index in [1.807, 2.05) is 6.07 Å². The summed E-state index contributed by atoms with van der Waals surface area (Å²) in [5.74, 6) is -0.0399. The number of nitriles is 1. The first kappa shape index (κ1) is 18.8. The van der Waals surface area contributed by atoms with Crippen LogP contribution in [0.25, 0.3) is 15.8 Å². The van der Waals surface area contributed by atoms with Crippen LogP contribution in [0.4, 0.5) is 0 Å². The van der Waals surface area contributed by atoms with Crippen LogP contribution in [-0.4, -0.2) is 25.6 Å². The molecule has 3 aromatic rings. The van der Waals surface area contributed by atoms with E-state index in [0.717, 1.165) is 20.8 Å². The topological polar surface area (TPSA) is 113 Å². The van der Waals surface area contributed by atoms with Crippen molar-refractivity contribution in [2.24, 2.45) is 0 Å². The van der Waals surface area contributed by atoms with Crippen molar-refractivity contribution in [3.05, 3.63) is 63.9 Å². The molecule has 1 fully saturated rings. The first-order valence-corrected chi connectivity index (χ1v) is 11.9. The molecule has 30 heavy (non-hydrogen) atoms. The molecule has 1 aromatic carbocycles. The molecule has 0 atom stereocenters. The summed E-state index contributed by atoms with van der Waals surface area (Å²) >= 11 is 1.48. The second-order valence-corrected chi connectivity index (χ2v) is 10.8. The summed E-state index contributed by atoms with van der Waals surface area (Å²) in [5.41, 5.74) is 6.03. The molecule has 0 radical (unpaired) electrons. The van der Waals surface area contributed by atoms with Gasteiger partial charge in [0.1, 0.15) is 15.5 Å². The van der Waals surface area contributed by atoms with Gasteiger partial charge in [-0.25, -0.2) is 13.4 Å². The summed E-state index contributed by atoms with van der Waals surface area (Å²) in [6, 6.07) is 10.5. The van der Waals surface area contributed by atoms with Crippen LogP contribution in [0, 0.1) is 11.3 Å². The number of hydrogen-bond donors (Lipinski definition) is 1. The minimum atomic E-state index is -3.30. The van der Waals surface area contributed by atoms with E-state index >= 15 is 0 Å². The molecule has 1 saturated carbocycles. The fourth-order valence-corrected chi connectivity index (χ4v) is 5.81. The average molecular weight is 440 g/mol. The zero-order chi connectivity index (χ0) is 21.1. The van der Waals surface area contributed by atoms with Crippen molar-refractivity contribution >= 4 is 42.9 Å². The predicted octanol–water partition coefficient (Wildman–Crippen LogP) is 3.74. The zero-order valence-electron chi connectivity index (χ0n) is 15.9. The number of furan rings is 1. The monoisotopic (exact) mass is 439 g/mol. The number of carbonyl (C=O) groups is 1. The largest absolute Gasteiger partial charge is 0.454 e. The van der Waals surface area contributed by atoms with Crippen molar-refractivity contribution < 1.29 is 19.1 Å². The Morgan fingerprint density at radius 1 is 1.37 bits per heavy atom. The van der Waals surface area contributed by atoms with Crippen LogP contribution in [0.1, 0.15) is 47.6 Å². The highest BCUT2D eigenvalue weighted by Crippen LogP contribution is 2.52. The number of thiazole rings is 1. The smallest absolute Gasteiger partial charge is 0.291 e. The second-order valence-electron chi connectivity index (χ2n) is 7.46. The van der Waals surface area contributed by atoms with Crippen molar-refractivity contribution in [3.8, 4) is 6.07 Å². The number of sulfone groups is 1. The molecule has 2 heterocycles. The SMILES string of the molecule is CS(=O)(=O)C1(c2ccc(C(=O)NC3=C=C(c4nc5ccc(C#N)cc5s4)C3)o2)CC1.[HH]. The van der Waals surface area contributed by atoms with Crippen LogP contribution >= 0.6 is 11.3 Å². The van der Waals surface area contributed by atoms with E-state index in [4.69, 9.17) is 9.68 Å². The summed E-state index contributed by atoms with van der Waals surface area (Å²) in [5, 5.41) is 12.6. The van der Waals surface area contributed by atoms with E-state index in [1.54, 1.807) is 18.2 Å². The van der Waals surface area contributed by atoms with E-state index in [-0.39, 0.29) is 7.19 Å². The van der Waals surface area contributed by atoms with E-state index in [9.17, 15) is 13.2 Å². The molecule has 0 saturated heterocycles. The number of aromatic nitrogens is 1. The van der Waals surface area contributed by atoms with Crippen molar-refractivity contribution in [1.29, 1.82) is 5.26 Å². The Bertz CT molecular complexity index is 1450. The summed E-state index contributed by atoms with van der Waals surface area (Å²) in [4.78, 5) is 17.0. The third-order valence-corrected chi connectivity index (χ3v) is 8.50. The maximum absolute atomic E-state index is 12.4. The van der Waals surface area contributed by atoms with Crippen LogP contribution in [0.3, 0.4) is 0 Å². The van der Waals surface area contributed by atoms with Crippen LogP contribution < -0.4 is 5.32 Å². The second kappa shape index (κ2) is 6.41. The van der Waals surface area contributed by atoms with Gasteiger partial charge in [-0.2, -0.15) is 5.26 Å². The average Bonchev–Trinajstić information content (AvgIpc) is 3.18. The molecular weight excluding hydrogens is 422 g/mol. The summed E-state index contributed by atoms with van der Waals surface area (Å²) < 4.78 is 29.5. The number of hydrogen-bond acceptors (Lipinski definition) is 7. The Kier molecular flexibility index (Phi) is 4.02. The molecule has 0 spiro atoms. The molecule has 2 aromatic heterocycles. The van der Waals surface area contributed by atoms with Gasteiger partial charge in [-0.1, -0.05) is 5.73 Å². The fourth-order valence-electron chi connectivity index (χ4n) is 3.49. The number of amides is 1. The van der Waals surface area contributed by atoms with Crippen LogP contribution in [0.15, 0.2) is 46.2 Å². The van der Waals surface area contributed by atoms with Crippen molar-refractivity contribution in [2.45, 2.75) is 24.0 Å². The highest BCUT2D eigenvalue weighted by atomic mass is 32.2. The fraction of sp³-hybridized carbons (Fsp3) is 0.238. The summed E-state index contributed by atoms with van der Waals surface area (Å²) in [6.45, 7) is 0. The van der Waals surface area contributed by atoms with E-state index in [2.05, 4.69) is 22.1 Å². The third kappa shape index (κ3) is 2.97. The lowest BCUT2D eigenvalue weighted by atomic mass is 10.0. The van der Waals surface area contributed by atoms with Gasteiger partial charge in [0.2, 0.25) is 0 Å². The first-order valence-electron chi connectivity index (χ1n) is 9.20. The highest BCUT2D eigenvalue weighted by molar-refractivity contribution is 7.91. The summed E-state index contributed by atoms with van der Waals surface area (Å²) in [6.07, 6.45) is 2.72. The van der Waals surface area contributed by atoms with Gasteiger partial charge in [0.05, 0.1) is 27.5 Å². The highest BCUT2D eigenvalue weighted by Gasteiger charge is 2.56. The predicted molar refractivity (Wildman–Crippen MR) is 113 cm³/mol. The van der Waals surface area contributed by atoms with E-state index in [0.29, 0.717) is 36.3 Å². The maximum atomic E-state index is 12.4. The molecule has 7 nitrogen and oxygen atoms in total. The molecule has 152 valence electrons. The maximum Gasteiger partial charge on any atom is 0.291 e. The van der Waals surface area contributed by atoms with Gasteiger partial charge >= 0.3 is 0 Å². The zero-order valence-corrected chi connectivity index (χ0v) is 17.5. The number of fused-ring (bicyclic) bond motifs is 1. The molecule has 0 aliphatic heterocycles. The van der Waals surface area contributed by atoms with Crippen molar-refractivity contribution in [2.75, 3.05) is 6.26 Å². The molecule has 1 N–H and O–H groups in total. The molecule has 5 rings (SSSR count). The van der Waals surface area contributed by atoms with E-state index in [1.165, 1.54) is 23.7 Å². The number of benzene rings is 1. The van der Waals surface area contributed by atoms with Crippen LogP contribution in [0.2, 0.25) is 0 Å². The van der Waals surface area contributed by atoms with Gasteiger partial charge in [0.25, 0.3) is 5.91 Å². The van der Waals surface area contributed by atoms with Crippen LogP contribution in [0.5, 0.6) is 0 Å². The van der Waals surface area contributed by atoms with Gasteiger partial charge in [-0.3, -0.25) is 4.79 Å². The Morgan fingerprint density at radius 3 is 2.80 bits per heavy atom. The van der Waals surface area contributed by atoms with Crippen LogP contribution in [-0.2, 0) is 14.6 Å². The summed E-state index contributed by atoms with van der Waals surface area (Å²) in [7, 11) is -3.30. The normalized spacial score (nSPS) is 16.9. The molecule has 0 bridgehead atoms. The van der Waals surface area contributed by atoms with Gasteiger partial charge < -0.3 is 9.73 Å². The lowest BCUT2D eigenvalue weighted by Crippen LogP contribution is -2.24. The van der Waals surface area contributed by atoms with Gasteiger partial charge in [0, 0.05) is 19.7 Å². The standard InChI is InChI=1S/C21H15N3O4S2.H2/c1-30(26,27)21(6-7-21)18-5-4-16(28-18)19(25)23-14-9-13(10-14)20-24-15-3-2-12(11-22)8-17(15)29-20;/h2-5,8H,6-7,9H2,1H3,(H,23,25);1H. The van der Waals surface area contributed by atoms with Gasteiger partial charge in [-0.15, -0.1) is 11.3 Å². The Morgan fingerprint density at radius 2 is 2.13 bits per heavy atom. The lowest BCUT2D eigenvalue weighted by molar-refractivity contribution is 0.0935. The molecular formula is C21H17N3O4S2. The minimum absolute atomic E-state index is 0.